The van der Waals surface area contributed by atoms with Crippen molar-refractivity contribution in [3.63, 3.8) is 0 Å². The molecule has 0 N–H and O–H groups in total. The maximum absolute atomic E-state index is 13.3. The van der Waals surface area contributed by atoms with Gasteiger partial charge in [0.25, 0.3) is 5.91 Å². The molecule has 2 heterocycles. The van der Waals surface area contributed by atoms with E-state index in [1.807, 2.05) is 11.4 Å². The number of hydrogen-bond acceptors (Lipinski definition) is 3. The van der Waals surface area contributed by atoms with Crippen LogP contribution in [0.2, 0.25) is 0 Å². The number of amides is 2. The van der Waals surface area contributed by atoms with Gasteiger partial charge in [0.1, 0.15) is 5.82 Å². The zero-order valence-corrected chi connectivity index (χ0v) is 14.3. The molecule has 6 heteroatoms. The second-order valence-corrected chi connectivity index (χ2v) is 6.81. The summed E-state index contributed by atoms with van der Waals surface area (Å²) in [4.78, 5) is 28.7. The molecule has 0 bridgehead atoms. The van der Waals surface area contributed by atoms with Crippen LogP contribution in [0.25, 0.3) is 0 Å². The monoisotopic (exact) mass is 346 g/mol. The minimum atomic E-state index is -0.325. The number of likely N-dealkylation sites (tertiary alicyclic amines) is 1. The zero-order chi connectivity index (χ0) is 17.1. The van der Waals surface area contributed by atoms with E-state index in [2.05, 4.69) is 0 Å². The van der Waals surface area contributed by atoms with Crippen molar-refractivity contribution >= 4 is 28.8 Å². The van der Waals surface area contributed by atoms with E-state index in [0.717, 1.165) is 0 Å². The van der Waals surface area contributed by atoms with Crippen LogP contribution in [-0.2, 0) is 4.79 Å². The van der Waals surface area contributed by atoms with Gasteiger partial charge < -0.3 is 9.80 Å². The van der Waals surface area contributed by atoms with Gasteiger partial charge in [-0.1, -0.05) is 6.07 Å². The lowest BCUT2D eigenvalue weighted by Crippen LogP contribution is -2.48. The molecule has 24 heavy (non-hydrogen) atoms. The number of rotatable bonds is 3. The Kier molecular flexibility index (Phi) is 4.94. The molecule has 1 saturated heterocycles. The fourth-order valence-electron chi connectivity index (χ4n) is 3.05. The highest BCUT2D eigenvalue weighted by atomic mass is 32.1. The first-order chi connectivity index (χ1) is 11.6. The summed E-state index contributed by atoms with van der Waals surface area (Å²) in [5.41, 5.74) is 0.691. The highest BCUT2D eigenvalue weighted by molar-refractivity contribution is 7.12. The van der Waals surface area contributed by atoms with Gasteiger partial charge in [0, 0.05) is 31.7 Å². The minimum Gasteiger partial charge on any atom is -0.343 e. The van der Waals surface area contributed by atoms with E-state index < -0.39 is 0 Å². The molecule has 0 saturated carbocycles. The molecule has 0 aliphatic carbocycles. The van der Waals surface area contributed by atoms with Crippen LogP contribution in [0.5, 0.6) is 0 Å². The first-order valence-corrected chi connectivity index (χ1v) is 8.82. The summed E-state index contributed by atoms with van der Waals surface area (Å²) in [6.45, 7) is 2.83. The Balaban J connectivity index is 1.86. The molecular formula is C18H19FN2O2S. The third-order valence-electron chi connectivity index (χ3n) is 4.33. The standard InChI is InChI=1S/C18H19FN2O2S/c1-13(22)20-10-8-16(9-11-20)21(15-6-4-14(19)5-7-15)18(23)17-3-2-12-24-17/h2-7,12,16H,8-11H2,1H3. The summed E-state index contributed by atoms with van der Waals surface area (Å²) < 4.78 is 13.3. The Labute approximate surface area is 144 Å². The van der Waals surface area contributed by atoms with Crippen LogP contribution < -0.4 is 4.90 Å². The lowest BCUT2D eigenvalue weighted by molar-refractivity contribution is -0.129. The summed E-state index contributed by atoms with van der Waals surface area (Å²) in [5.74, 6) is -0.335. The van der Waals surface area contributed by atoms with Crippen molar-refractivity contribution in [1.82, 2.24) is 4.90 Å². The van der Waals surface area contributed by atoms with Crippen molar-refractivity contribution in [2.24, 2.45) is 0 Å². The van der Waals surface area contributed by atoms with Gasteiger partial charge >= 0.3 is 0 Å². The molecular weight excluding hydrogens is 327 g/mol. The van der Waals surface area contributed by atoms with Crippen molar-refractivity contribution < 1.29 is 14.0 Å². The topological polar surface area (TPSA) is 40.6 Å². The van der Waals surface area contributed by atoms with Crippen molar-refractivity contribution in [3.8, 4) is 0 Å². The van der Waals surface area contributed by atoms with E-state index in [-0.39, 0.29) is 23.7 Å². The molecule has 0 spiro atoms. The quantitative estimate of drug-likeness (QED) is 0.853. The Morgan fingerprint density at radius 1 is 1.17 bits per heavy atom. The first-order valence-electron chi connectivity index (χ1n) is 7.94. The molecule has 1 aromatic heterocycles. The van der Waals surface area contributed by atoms with Gasteiger partial charge in [0.2, 0.25) is 5.91 Å². The zero-order valence-electron chi connectivity index (χ0n) is 13.4. The molecule has 2 amide bonds. The number of thiophene rings is 1. The fourth-order valence-corrected chi connectivity index (χ4v) is 3.71. The van der Waals surface area contributed by atoms with E-state index in [0.29, 0.717) is 36.5 Å². The molecule has 2 aromatic rings. The molecule has 1 fully saturated rings. The normalized spacial score (nSPS) is 15.3. The van der Waals surface area contributed by atoms with Crippen LogP contribution in [0.3, 0.4) is 0 Å². The fraction of sp³-hybridized carbons (Fsp3) is 0.333. The van der Waals surface area contributed by atoms with Gasteiger partial charge in [-0.15, -0.1) is 11.3 Å². The van der Waals surface area contributed by atoms with Crippen LogP contribution in [0, 0.1) is 5.82 Å². The lowest BCUT2D eigenvalue weighted by Gasteiger charge is -2.38. The predicted molar refractivity (Wildman–Crippen MR) is 92.8 cm³/mol. The Morgan fingerprint density at radius 3 is 2.38 bits per heavy atom. The highest BCUT2D eigenvalue weighted by Crippen LogP contribution is 2.27. The van der Waals surface area contributed by atoms with Gasteiger partial charge in [-0.05, 0) is 48.6 Å². The lowest BCUT2D eigenvalue weighted by atomic mass is 10.0. The Morgan fingerprint density at radius 2 is 1.83 bits per heavy atom. The maximum atomic E-state index is 13.3. The number of carbonyl (C=O) groups is 2. The van der Waals surface area contributed by atoms with Crippen LogP contribution in [0.15, 0.2) is 41.8 Å². The van der Waals surface area contributed by atoms with Gasteiger partial charge in [0.15, 0.2) is 0 Å². The average molecular weight is 346 g/mol. The Bertz CT molecular complexity index is 707. The molecule has 1 aliphatic heterocycles. The third-order valence-corrected chi connectivity index (χ3v) is 5.19. The molecule has 0 unspecified atom stereocenters. The molecule has 126 valence electrons. The summed E-state index contributed by atoms with van der Waals surface area (Å²) in [6, 6.07) is 9.66. The maximum Gasteiger partial charge on any atom is 0.268 e. The summed E-state index contributed by atoms with van der Waals surface area (Å²) in [7, 11) is 0. The predicted octanol–water partition coefficient (Wildman–Crippen LogP) is 3.54. The first kappa shape index (κ1) is 16.6. The van der Waals surface area contributed by atoms with E-state index in [1.165, 1.54) is 23.5 Å². The summed E-state index contributed by atoms with van der Waals surface area (Å²) in [6.07, 6.45) is 1.43. The molecule has 0 atom stereocenters. The second kappa shape index (κ2) is 7.13. The number of anilines is 1. The second-order valence-electron chi connectivity index (χ2n) is 5.87. The number of hydrogen-bond donors (Lipinski definition) is 0. The summed E-state index contributed by atoms with van der Waals surface area (Å²) >= 11 is 1.40. The minimum absolute atomic E-state index is 0.000612. The van der Waals surface area contributed by atoms with Gasteiger partial charge in [-0.2, -0.15) is 0 Å². The van der Waals surface area contributed by atoms with Crippen LogP contribution in [-0.4, -0.2) is 35.8 Å². The highest BCUT2D eigenvalue weighted by Gasteiger charge is 2.30. The smallest absolute Gasteiger partial charge is 0.268 e. The largest absolute Gasteiger partial charge is 0.343 e. The van der Waals surface area contributed by atoms with Gasteiger partial charge in [-0.3, -0.25) is 9.59 Å². The van der Waals surface area contributed by atoms with Crippen molar-refractivity contribution in [1.29, 1.82) is 0 Å². The van der Waals surface area contributed by atoms with Crippen molar-refractivity contribution in [2.75, 3.05) is 18.0 Å². The average Bonchev–Trinajstić information content (AvgIpc) is 3.12. The van der Waals surface area contributed by atoms with Crippen molar-refractivity contribution in [3.05, 3.63) is 52.5 Å². The van der Waals surface area contributed by atoms with E-state index >= 15 is 0 Å². The number of piperidine rings is 1. The van der Waals surface area contributed by atoms with E-state index in [4.69, 9.17) is 0 Å². The molecule has 1 aliphatic rings. The number of nitrogens with zero attached hydrogens (tertiary/aromatic N) is 2. The van der Waals surface area contributed by atoms with E-state index in [1.54, 1.807) is 34.9 Å². The van der Waals surface area contributed by atoms with Crippen molar-refractivity contribution in [2.45, 2.75) is 25.8 Å². The third kappa shape index (κ3) is 3.48. The molecule has 4 nitrogen and oxygen atoms in total. The van der Waals surface area contributed by atoms with Gasteiger partial charge in [0.05, 0.1) is 4.88 Å². The molecule has 3 rings (SSSR count). The van der Waals surface area contributed by atoms with Gasteiger partial charge in [-0.25, -0.2) is 4.39 Å². The number of halogens is 1. The van der Waals surface area contributed by atoms with Crippen LogP contribution in [0.4, 0.5) is 10.1 Å². The SMILES string of the molecule is CC(=O)N1CCC(N(C(=O)c2cccs2)c2ccc(F)cc2)CC1. The number of carbonyl (C=O) groups excluding carboxylic acids is 2. The Hall–Kier alpha value is -2.21. The van der Waals surface area contributed by atoms with E-state index in [9.17, 15) is 14.0 Å². The van der Waals surface area contributed by atoms with Crippen LogP contribution in [0.1, 0.15) is 29.4 Å². The number of benzene rings is 1. The summed E-state index contributed by atoms with van der Waals surface area (Å²) in [5, 5.41) is 1.87. The van der Waals surface area contributed by atoms with Crippen LogP contribution >= 0.6 is 11.3 Å². The molecule has 0 radical (unpaired) electrons. The molecule has 1 aromatic carbocycles.